The van der Waals surface area contributed by atoms with Gasteiger partial charge in [0.1, 0.15) is 0 Å². The molecule has 1 atom stereocenters. The number of aromatic amines is 1. The Balaban J connectivity index is 1.53. The number of carbonyl (C=O) groups excluding carboxylic acids is 1. The van der Waals surface area contributed by atoms with Gasteiger partial charge in [-0.3, -0.25) is 24.3 Å². The summed E-state index contributed by atoms with van der Waals surface area (Å²) in [5.74, 6) is -0.548. The lowest BCUT2D eigenvalue weighted by molar-refractivity contribution is 0.0941. The van der Waals surface area contributed by atoms with Crippen LogP contribution in [0.25, 0.3) is 0 Å². The first-order valence-corrected chi connectivity index (χ1v) is 11.8. The minimum absolute atomic E-state index is 0.0180. The molecule has 0 radical (unpaired) electrons. The highest BCUT2D eigenvalue weighted by Gasteiger charge is 2.22. The number of hydrogen-bond acceptors (Lipinski definition) is 7. The Bertz CT molecular complexity index is 1470. The summed E-state index contributed by atoms with van der Waals surface area (Å²) >= 11 is 5.84. The summed E-state index contributed by atoms with van der Waals surface area (Å²) in [6, 6.07) is 13.4. The number of carbonyl (C=O) groups is 1. The van der Waals surface area contributed by atoms with E-state index < -0.39 is 19.0 Å². The van der Waals surface area contributed by atoms with Crippen molar-refractivity contribution in [2.45, 2.75) is 6.92 Å². The van der Waals surface area contributed by atoms with Crippen LogP contribution in [0.5, 0.6) is 0 Å². The maximum Gasteiger partial charge on any atom is 0.323 e. The van der Waals surface area contributed by atoms with E-state index in [4.69, 9.17) is 11.6 Å². The molecule has 0 aliphatic carbocycles. The number of aryl methyl sites for hydroxylation is 1. The number of hydrogen-bond donors (Lipinski definition) is 3. The first kappa shape index (κ1) is 23.2. The molecule has 3 N–H and O–H groups in total. The van der Waals surface area contributed by atoms with Crippen LogP contribution >= 0.6 is 19.1 Å². The van der Waals surface area contributed by atoms with Gasteiger partial charge >= 0.3 is 13.1 Å². The molecule has 11 nitrogen and oxygen atoms in total. The number of halogens is 1. The van der Waals surface area contributed by atoms with Crippen LogP contribution in [-0.2, 0) is 4.57 Å². The van der Waals surface area contributed by atoms with Crippen molar-refractivity contribution in [1.82, 2.24) is 19.7 Å². The van der Waals surface area contributed by atoms with Gasteiger partial charge in [0.15, 0.2) is 5.69 Å². The molecule has 34 heavy (non-hydrogen) atoms. The van der Waals surface area contributed by atoms with Gasteiger partial charge < -0.3 is 4.89 Å². The zero-order valence-electron chi connectivity index (χ0n) is 17.6. The summed E-state index contributed by atoms with van der Waals surface area (Å²) in [6.45, 7) is 1.59. The molecule has 0 fully saturated rings. The van der Waals surface area contributed by atoms with Gasteiger partial charge in [0.05, 0.1) is 16.7 Å². The molecule has 13 heteroatoms. The van der Waals surface area contributed by atoms with Gasteiger partial charge in [-0.1, -0.05) is 11.6 Å². The second-order valence-corrected chi connectivity index (χ2v) is 9.34. The summed E-state index contributed by atoms with van der Waals surface area (Å²) in [4.78, 5) is 43.4. The van der Waals surface area contributed by atoms with E-state index >= 15 is 0 Å². The Morgan fingerprint density at radius 2 is 1.74 bits per heavy atom. The second kappa shape index (κ2) is 9.52. The number of H-pyrrole nitrogens is 1. The van der Waals surface area contributed by atoms with Crippen LogP contribution < -0.4 is 16.0 Å². The molecule has 172 valence electrons. The standard InChI is InChI=1S/C21H17ClN7O4P/c1-13-18(20(31)29(27-13)19(30)14-3-5-15(22)6-4-14)26-25-16-7-9-17(10-8-16)34(32,33)28-21-23-11-2-12-24-21/h2-12,27H,1H3,(H2,23,24,28,32,33). The lowest BCUT2D eigenvalue weighted by Gasteiger charge is -2.12. The number of anilines is 1. The molecule has 0 saturated heterocycles. The lowest BCUT2D eigenvalue weighted by atomic mass is 10.2. The van der Waals surface area contributed by atoms with Crippen molar-refractivity contribution in [3.05, 3.63) is 93.6 Å². The van der Waals surface area contributed by atoms with Gasteiger partial charge in [-0.25, -0.2) is 9.97 Å². The first-order valence-electron chi connectivity index (χ1n) is 9.77. The molecule has 2 aromatic carbocycles. The Morgan fingerprint density at radius 1 is 1.09 bits per heavy atom. The third-order valence-electron chi connectivity index (χ3n) is 4.62. The molecule has 4 rings (SSSR count). The van der Waals surface area contributed by atoms with Crippen molar-refractivity contribution in [3.63, 3.8) is 0 Å². The monoisotopic (exact) mass is 497 g/mol. The minimum Gasteiger partial charge on any atom is -0.326 e. The zero-order chi connectivity index (χ0) is 24.3. The van der Waals surface area contributed by atoms with Gasteiger partial charge in [0.25, 0.3) is 5.91 Å². The van der Waals surface area contributed by atoms with Gasteiger partial charge in [-0.15, -0.1) is 5.11 Å². The summed E-state index contributed by atoms with van der Waals surface area (Å²) in [5.41, 5.74) is 0.247. The molecule has 0 bridgehead atoms. The van der Waals surface area contributed by atoms with Gasteiger partial charge in [-0.2, -0.15) is 9.80 Å². The topological polar surface area (TPSA) is 155 Å². The van der Waals surface area contributed by atoms with Crippen LogP contribution in [0.15, 0.2) is 82.0 Å². The largest absolute Gasteiger partial charge is 0.326 e. The van der Waals surface area contributed by atoms with Gasteiger partial charge in [-0.05, 0) is 61.5 Å². The van der Waals surface area contributed by atoms with Crippen LogP contribution in [0.3, 0.4) is 0 Å². The SMILES string of the molecule is Cc1[nH]n(C(=O)c2ccc(Cl)cc2)c(=O)c1N=Nc1ccc(P(=O)(O)Nc2ncccn2)cc1. The van der Waals surface area contributed by atoms with Crippen molar-refractivity contribution in [3.8, 4) is 0 Å². The van der Waals surface area contributed by atoms with Crippen molar-refractivity contribution >= 4 is 47.7 Å². The molecule has 0 spiro atoms. The molecule has 4 aromatic rings. The molecule has 2 aromatic heterocycles. The fourth-order valence-electron chi connectivity index (χ4n) is 2.91. The number of nitrogens with zero attached hydrogens (tertiary/aromatic N) is 5. The summed E-state index contributed by atoms with van der Waals surface area (Å²) in [6.07, 6.45) is 2.89. The summed E-state index contributed by atoms with van der Waals surface area (Å²) in [5, 5.41) is 13.6. The van der Waals surface area contributed by atoms with E-state index in [1.165, 1.54) is 48.8 Å². The Labute approximate surface area is 197 Å². The zero-order valence-corrected chi connectivity index (χ0v) is 19.2. The quantitative estimate of drug-likeness (QED) is 0.269. The predicted molar refractivity (Wildman–Crippen MR) is 127 cm³/mol. The van der Waals surface area contributed by atoms with E-state index in [-0.39, 0.29) is 22.5 Å². The minimum atomic E-state index is -3.97. The normalized spacial score (nSPS) is 13.0. The van der Waals surface area contributed by atoms with E-state index in [1.807, 2.05) is 0 Å². The molecular formula is C21H17ClN7O4P. The molecule has 1 unspecified atom stereocenters. The number of azo groups is 1. The fraction of sp³-hybridized carbons (Fsp3) is 0.0476. The molecular weight excluding hydrogens is 481 g/mol. The Kier molecular flexibility index (Phi) is 6.51. The molecule has 0 saturated carbocycles. The van der Waals surface area contributed by atoms with Crippen LogP contribution in [0, 0.1) is 6.92 Å². The fourth-order valence-corrected chi connectivity index (χ4v) is 4.10. The van der Waals surface area contributed by atoms with E-state index in [9.17, 15) is 19.0 Å². The van der Waals surface area contributed by atoms with Gasteiger partial charge in [0, 0.05) is 23.0 Å². The average Bonchev–Trinajstić information content (AvgIpc) is 3.11. The third-order valence-corrected chi connectivity index (χ3v) is 6.37. The highest BCUT2D eigenvalue weighted by molar-refractivity contribution is 7.67. The maximum atomic E-state index is 12.7. The number of nitrogens with one attached hydrogen (secondary N) is 2. The molecule has 0 aliphatic heterocycles. The molecule has 2 heterocycles. The Hall–Kier alpha value is -3.92. The average molecular weight is 498 g/mol. The number of rotatable bonds is 6. The van der Waals surface area contributed by atoms with E-state index in [0.717, 1.165) is 4.68 Å². The van der Waals surface area contributed by atoms with E-state index in [2.05, 4.69) is 30.4 Å². The van der Waals surface area contributed by atoms with Crippen molar-refractivity contribution < 1.29 is 14.3 Å². The lowest BCUT2D eigenvalue weighted by Crippen LogP contribution is -2.25. The predicted octanol–water partition coefficient (Wildman–Crippen LogP) is 3.95. The van der Waals surface area contributed by atoms with Crippen LogP contribution in [-0.4, -0.2) is 30.5 Å². The highest BCUT2D eigenvalue weighted by Crippen LogP contribution is 2.38. The van der Waals surface area contributed by atoms with Crippen LogP contribution in [0.1, 0.15) is 16.1 Å². The molecule has 0 amide bonds. The second-order valence-electron chi connectivity index (χ2n) is 7.01. The van der Waals surface area contributed by atoms with Crippen molar-refractivity contribution in [1.29, 1.82) is 0 Å². The van der Waals surface area contributed by atoms with E-state index in [1.54, 1.807) is 25.1 Å². The first-order chi connectivity index (χ1) is 16.2. The smallest absolute Gasteiger partial charge is 0.323 e. The highest BCUT2D eigenvalue weighted by atomic mass is 35.5. The maximum absolute atomic E-state index is 12.7. The summed E-state index contributed by atoms with van der Waals surface area (Å²) < 4.78 is 13.4. The van der Waals surface area contributed by atoms with E-state index in [0.29, 0.717) is 16.4 Å². The Morgan fingerprint density at radius 3 is 2.38 bits per heavy atom. The van der Waals surface area contributed by atoms with Crippen LogP contribution in [0.4, 0.5) is 17.3 Å². The van der Waals surface area contributed by atoms with Gasteiger partial charge in [0.2, 0.25) is 5.95 Å². The molecule has 0 aliphatic rings. The van der Waals surface area contributed by atoms with Crippen molar-refractivity contribution in [2.75, 3.05) is 5.09 Å². The number of benzene rings is 2. The van der Waals surface area contributed by atoms with Crippen LogP contribution in [0.2, 0.25) is 5.02 Å². The summed E-state index contributed by atoms with van der Waals surface area (Å²) in [7, 11) is -3.97. The van der Waals surface area contributed by atoms with Crippen molar-refractivity contribution in [2.24, 2.45) is 10.2 Å². The third kappa shape index (κ3) is 5.01. The number of aromatic nitrogens is 4.